The van der Waals surface area contributed by atoms with Gasteiger partial charge in [-0.25, -0.2) is 22.9 Å². The fourth-order valence-electron chi connectivity index (χ4n) is 1.54. The predicted octanol–water partition coefficient (Wildman–Crippen LogP) is 1.73. The molecule has 0 unspecified atom stereocenters. The second-order valence-electron chi connectivity index (χ2n) is 3.96. The molecule has 0 saturated carbocycles. The van der Waals surface area contributed by atoms with E-state index < -0.39 is 16.0 Å². The van der Waals surface area contributed by atoms with Crippen molar-refractivity contribution in [3.63, 3.8) is 0 Å². The van der Waals surface area contributed by atoms with Gasteiger partial charge in [0.15, 0.2) is 0 Å². The molecule has 6 nitrogen and oxygen atoms in total. The van der Waals surface area contributed by atoms with Crippen LogP contribution in [0.25, 0.3) is 0 Å². The Kier molecular flexibility index (Phi) is 4.53. The third-order valence-electron chi connectivity index (χ3n) is 2.47. The summed E-state index contributed by atoms with van der Waals surface area (Å²) in [6.45, 7) is 1.81. The Hall–Kier alpha value is -1.29. The van der Waals surface area contributed by atoms with E-state index in [1.54, 1.807) is 13.1 Å². The van der Waals surface area contributed by atoms with E-state index in [9.17, 15) is 13.2 Å². The summed E-state index contributed by atoms with van der Waals surface area (Å²) in [5.41, 5.74) is 0.447. The largest absolute Gasteiger partial charge is 0.477 e. The first-order valence-electron chi connectivity index (χ1n) is 5.62. The summed E-state index contributed by atoms with van der Waals surface area (Å²) >= 11 is 2.22. The molecule has 2 aromatic rings. The van der Waals surface area contributed by atoms with Crippen LogP contribution in [-0.4, -0.2) is 31.0 Å². The van der Waals surface area contributed by atoms with E-state index in [4.69, 9.17) is 5.11 Å². The van der Waals surface area contributed by atoms with Crippen LogP contribution in [0.3, 0.4) is 0 Å². The van der Waals surface area contributed by atoms with Crippen LogP contribution in [-0.2, 0) is 16.4 Å². The van der Waals surface area contributed by atoms with Crippen LogP contribution in [0, 0.1) is 6.92 Å². The minimum Gasteiger partial charge on any atom is -0.477 e. The number of rotatable bonds is 6. The number of hydrogen-bond acceptors (Lipinski definition) is 6. The van der Waals surface area contributed by atoms with Gasteiger partial charge in [0.1, 0.15) is 9.09 Å². The third kappa shape index (κ3) is 3.42. The molecule has 2 aromatic heterocycles. The summed E-state index contributed by atoms with van der Waals surface area (Å²) < 4.78 is 26.5. The molecule has 0 aromatic carbocycles. The van der Waals surface area contributed by atoms with Crippen molar-refractivity contribution in [3.8, 4) is 0 Å². The molecule has 2 heterocycles. The second kappa shape index (κ2) is 6.00. The van der Waals surface area contributed by atoms with E-state index in [-0.39, 0.29) is 15.6 Å². The van der Waals surface area contributed by atoms with Crippen molar-refractivity contribution in [2.75, 3.05) is 6.54 Å². The number of hydrogen-bond donors (Lipinski definition) is 2. The Bertz CT molecular complexity index is 704. The summed E-state index contributed by atoms with van der Waals surface area (Å²) in [6, 6.07) is 1.37. The summed E-state index contributed by atoms with van der Waals surface area (Å²) in [5.74, 6) is -1.11. The number of carboxylic acids is 1. The number of thiazole rings is 1. The van der Waals surface area contributed by atoms with Crippen molar-refractivity contribution >= 4 is 38.7 Å². The average Bonchev–Trinajstić information content (AvgIpc) is 2.98. The molecule has 0 aliphatic carbocycles. The second-order valence-corrected chi connectivity index (χ2v) is 7.98. The molecule has 0 amide bonds. The van der Waals surface area contributed by atoms with Crippen molar-refractivity contribution < 1.29 is 18.3 Å². The molecular formula is C11H12N2O4S3. The van der Waals surface area contributed by atoms with Crippen LogP contribution in [0.5, 0.6) is 0 Å². The zero-order chi connectivity index (χ0) is 14.8. The lowest BCUT2D eigenvalue weighted by Crippen LogP contribution is -2.25. The van der Waals surface area contributed by atoms with Gasteiger partial charge < -0.3 is 5.11 Å². The summed E-state index contributed by atoms with van der Waals surface area (Å²) in [6.07, 6.45) is 2.17. The number of nitrogens with one attached hydrogen (secondary N) is 1. The quantitative estimate of drug-likeness (QED) is 0.840. The van der Waals surface area contributed by atoms with E-state index in [1.165, 1.54) is 17.4 Å². The highest BCUT2D eigenvalue weighted by Gasteiger charge is 2.21. The number of thiophene rings is 1. The van der Waals surface area contributed by atoms with E-state index in [1.807, 2.05) is 5.38 Å². The molecule has 2 rings (SSSR count). The smallest absolute Gasteiger partial charge is 0.346 e. The number of aromatic carboxylic acids is 1. The minimum absolute atomic E-state index is 0.0199. The van der Waals surface area contributed by atoms with Gasteiger partial charge in [-0.15, -0.1) is 22.7 Å². The molecule has 0 fully saturated rings. The van der Waals surface area contributed by atoms with Crippen LogP contribution in [0.1, 0.15) is 20.2 Å². The van der Waals surface area contributed by atoms with Crippen molar-refractivity contribution in [1.82, 2.24) is 9.71 Å². The van der Waals surface area contributed by atoms with Gasteiger partial charge in [-0.05, 0) is 18.6 Å². The Balaban J connectivity index is 2.06. The number of carbonyl (C=O) groups is 1. The molecule has 0 aliphatic rings. The van der Waals surface area contributed by atoms with Gasteiger partial charge >= 0.3 is 5.97 Å². The molecule has 0 spiro atoms. The maximum atomic E-state index is 12.0. The van der Waals surface area contributed by atoms with Gasteiger partial charge in [0, 0.05) is 24.5 Å². The number of sulfonamides is 1. The van der Waals surface area contributed by atoms with Gasteiger partial charge in [0.05, 0.1) is 5.01 Å². The van der Waals surface area contributed by atoms with Crippen molar-refractivity contribution in [1.29, 1.82) is 0 Å². The van der Waals surface area contributed by atoms with Gasteiger partial charge in [0.2, 0.25) is 10.0 Å². The van der Waals surface area contributed by atoms with Gasteiger partial charge in [-0.2, -0.15) is 0 Å². The van der Waals surface area contributed by atoms with Gasteiger partial charge in [-0.3, -0.25) is 0 Å². The molecular weight excluding hydrogens is 320 g/mol. The number of aryl methyl sites for hydroxylation is 1. The highest BCUT2D eigenvalue weighted by atomic mass is 32.2. The highest BCUT2D eigenvalue weighted by Crippen LogP contribution is 2.25. The van der Waals surface area contributed by atoms with Crippen molar-refractivity contribution in [2.24, 2.45) is 0 Å². The van der Waals surface area contributed by atoms with Crippen LogP contribution in [0.4, 0.5) is 0 Å². The monoisotopic (exact) mass is 332 g/mol. The van der Waals surface area contributed by atoms with Crippen molar-refractivity contribution in [3.05, 3.63) is 33.1 Å². The molecule has 2 N–H and O–H groups in total. The zero-order valence-electron chi connectivity index (χ0n) is 10.5. The maximum absolute atomic E-state index is 12.0. The summed E-state index contributed by atoms with van der Waals surface area (Å²) in [7, 11) is -3.67. The number of nitrogens with zero attached hydrogens (tertiary/aromatic N) is 1. The van der Waals surface area contributed by atoms with E-state index >= 15 is 0 Å². The molecule has 0 saturated heterocycles. The highest BCUT2D eigenvalue weighted by molar-refractivity contribution is 7.91. The first kappa shape index (κ1) is 15.1. The Labute approximate surface area is 124 Å². The van der Waals surface area contributed by atoms with Crippen LogP contribution >= 0.6 is 22.7 Å². The molecule has 0 atom stereocenters. The van der Waals surface area contributed by atoms with E-state index in [0.717, 1.165) is 16.3 Å². The Morgan fingerprint density at radius 1 is 1.50 bits per heavy atom. The summed E-state index contributed by atoms with van der Waals surface area (Å²) in [4.78, 5) is 15.0. The predicted molar refractivity (Wildman–Crippen MR) is 77.0 cm³/mol. The lowest BCUT2D eigenvalue weighted by atomic mass is 10.3. The maximum Gasteiger partial charge on any atom is 0.346 e. The van der Waals surface area contributed by atoms with Crippen LogP contribution in [0.2, 0.25) is 0 Å². The Morgan fingerprint density at radius 2 is 2.25 bits per heavy atom. The van der Waals surface area contributed by atoms with Gasteiger partial charge in [-0.1, -0.05) is 0 Å². The van der Waals surface area contributed by atoms with E-state index in [2.05, 4.69) is 9.71 Å². The Morgan fingerprint density at radius 3 is 2.80 bits per heavy atom. The topological polar surface area (TPSA) is 96.4 Å². The molecule has 0 radical (unpaired) electrons. The third-order valence-corrected chi connectivity index (χ3v) is 6.47. The van der Waals surface area contributed by atoms with Crippen molar-refractivity contribution in [2.45, 2.75) is 17.6 Å². The minimum atomic E-state index is -3.67. The molecule has 9 heteroatoms. The fraction of sp³-hybridized carbons (Fsp3) is 0.273. The number of aromatic nitrogens is 1. The lowest BCUT2D eigenvalue weighted by molar-refractivity contribution is 0.0701. The molecule has 0 bridgehead atoms. The van der Waals surface area contributed by atoms with Gasteiger partial charge in [0.25, 0.3) is 0 Å². The standard InChI is InChI=1S/C11H12N2O4S3/c1-7-6-9(19-10(7)11(14)15)20(16,17)13-3-2-8-12-4-5-18-8/h4-6,13H,2-3H2,1H3,(H,14,15). The van der Waals surface area contributed by atoms with Crippen LogP contribution < -0.4 is 4.72 Å². The van der Waals surface area contributed by atoms with Crippen LogP contribution in [0.15, 0.2) is 21.9 Å². The summed E-state index contributed by atoms with van der Waals surface area (Å²) in [5, 5.41) is 11.6. The molecule has 108 valence electrons. The first-order valence-corrected chi connectivity index (χ1v) is 8.80. The fourth-order valence-corrected chi connectivity index (χ4v) is 4.61. The van der Waals surface area contributed by atoms with E-state index in [0.29, 0.717) is 12.0 Å². The molecule has 0 aliphatic heterocycles. The molecule has 20 heavy (non-hydrogen) atoms. The SMILES string of the molecule is Cc1cc(S(=O)(=O)NCCc2nccs2)sc1C(=O)O. The first-order chi connectivity index (χ1) is 9.40. The normalized spacial score (nSPS) is 11.7. The average molecular weight is 332 g/mol. The number of carboxylic acid groups (broad SMARTS) is 1. The zero-order valence-corrected chi connectivity index (χ0v) is 12.9. The lowest BCUT2D eigenvalue weighted by Gasteiger charge is -2.02.